The van der Waals surface area contributed by atoms with Crippen LogP contribution in [0.1, 0.15) is 56.7 Å². The van der Waals surface area contributed by atoms with Crippen molar-refractivity contribution >= 4 is 11.9 Å². The van der Waals surface area contributed by atoms with Crippen LogP contribution in [0.3, 0.4) is 0 Å². The van der Waals surface area contributed by atoms with Gasteiger partial charge in [-0.1, -0.05) is 49.4 Å². The summed E-state index contributed by atoms with van der Waals surface area (Å²) in [4.78, 5) is 23.7. The number of nitrogens with one attached hydrogen (secondary N) is 1. The Bertz CT molecular complexity index is 741. The normalized spacial score (nSPS) is 13.0. The van der Waals surface area contributed by atoms with Gasteiger partial charge in [-0.15, -0.1) is 0 Å². The second kappa shape index (κ2) is 9.76. The topological polar surface area (TPSA) is 75.6 Å². The van der Waals surface area contributed by atoms with Gasteiger partial charge in [0, 0.05) is 6.42 Å². The van der Waals surface area contributed by atoms with Crippen LogP contribution in [0.25, 0.3) is 0 Å². The summed E-state index contributed by atoms with van der Waals surface area (Å²) in [6, 6.07) is 16.4. The zero-order chi connectivity index (χ0) is 19.8. The highest BCUT2D eigenvalue weighted by Crippen LogP contribution is 2.23. The highest BCUT2D eigenvalue weighted by Gasteiger charge is 2.20. The summed E-state index contributed by atoms with van der Waals surface area (Å²) in [5, 5.41) is 12.1. The average Bonchev–Trinajstić information content (AvgIpc) is 2.61. The van der Waals surface area contributed by atoms with Crippen molar-refractivity contribution in [1.29, 1.82) is 0 Å². The predicted molar refractivity (Wildman–Crippen MR) is 105 cm³/mol. The zero-order valence-corrected chi connectivity index (χ0v) is 16.0. The van der Waals surface area contributed by atoms with Gasteiger partial charge >= 0.3 is 5.97 Å². The molecule has 2 aromatic carbocycles. The Morgan fingerprint density at radius 1 is 0.926 bits per heavy atom. The molecule has 2 N–H and O–H groups in total. The van der Waals surface area contributed by atoms with Crippen LogP contribution in [0.4, 0.5) is 0 Å². The van der Waals surface area contributed by atoms with E-state index >= 15 is 0 Å². The molecule has 5 heteroatoms. The van der Waals surface area contributed by atoms with Crippen molar-refractivity contribution in [3.8, 4) is 5.75 Å². The number of benzene rings is 2. The highest BCUT2D eigenvalue weighted by atomic mass is 16.5. The molecule has 0 unspecified atom stereocenters. The Balaban J connectivity index is 2.05. The van der Waals surface area contributed by atoms with Gasteiger partial charge in [0.2, 0.25) is 5.91 Å². The van der Waals surface area contributed by atoms with Crippen LogP contribution in [-0.4, -0.2) is 23.1 Å². The molecule has 0 heterocycles. The van der Waals surface area contributed by atoms with Gasteiger partial charge in [0.05, 0.1) is 18.6 Å². The number of carboxylic acids is 1. The molecule has 1 amide bonds. The van der Waals surface area contributed by atoms with Gasteiger partial charge in [-0.3, -0.25) is 9.59 Å². The first-order valence-electron chi connectivity index (χ1n) is 9.18. The fourth-order valence-electron chi connectivity index (χ4n) is 2.91. The van der Waals surface area contributed by atoms with E-state index in [1.54, 1.807) is 24.3 Å². The van der Waals surface area contributed by atoms with Crippen molar-refractivity contribution in [2.45, 2.75) is 51.7 Å². The summed E-state index contributed by atoms with van der Waals surface area (Å²) in [5.74, 6) is -0.357. The van der Waals surface area contributed by atoms with Gasteiger partial charge in [-0.25, -0.2) is 0 Å². The van der Waals surface area contributed by atoms with E-state index in [2.05, 4.69) is 5.32 Å². The quantitative estimate of drug-likeness (QED) is 0.691. The number of carboxylic acid groups (broad SMARTS) is 1. The predicted octanol–water partition coefficient (Wildman–Crippen LogP) is 4.30. The van der Waals surface area contributed by atoms with Crippen molar-refractivity contribution in [3.63, 3.8) is 0 Å². The van der Waals surface area contributed by atoms with E-state index in [9.17, 15) is 14.7 Å². The van der Waals surface area contributed by atoms with Crippen molar-refractivity contribution < 1.29 is 19.4 Å². The Kier molecular flexibility index (Phi) is 7.41. The molecule has 0 fully saturated rings. The molecule has 0 aromatic heterocycles. The third-order valence-electron chi connectivity index (χ3n) is 4.23. The van der Waals surface area contributed by atoms with Gasteiger partial charge < -0.3 is 15.2 Å². The second-order valence-electron chi connectivity index (χ2n) is 6.97. The Hall–Kier alpha value is -2.82. The number of hydrogen-bond acceptors (Lipinski definition) is 3. The molecule has 2 aromatic rings. The van der Waals surface area contributed by atoms with Crippen LogP contribution in [-0.2, 0) is 9.59 Å². The van der Waals surface area contributed by atoms with Gasteiger partial charge in [0.25, 0.3) is 0 Å². The van der Waals surface area contributed by atoms with E-state index in [0.717, 1.165) is 11.1 Å². The number of hydrogen-bond donors (Lipinski definition) is 2. The molecule has 2 atom stereocenters. The lowest BCUT2D eigenvalue weighted by Crippen LogP contribution is -2.30. The maximum Gasteiger partial charge on any atom is 0.305 e. The van der Waals surface area contributed by atoms with E-state index < -0.39 is 12.0 Å². The van der Waals surface area contributed by atoms with E-state index in [1.807, 2.05) is 51.1 Å². The first-order valence-corrected chi connectivity index (χ1v) is 9.18. The van der Waals surface area contributed by atoms with E-state index in [-0.39, 0.29) is 24.3 Å². The highest BCUT2D eigenvalue weighted by molar-refractivity contribution is 5.78. The fourth-order valence-corrected chi connectivity index (χ4v) is 2.91. The number of ether oxygens (including phenoxy) is 1. The number of rotatable bonds is 9. The Labute approximate surface area is 160 Å². The van der Waals surface area contributed by atoms with Gasteiger partial charge in [0.15, 0.2) is 0 Å². The number of aliphatic carboxylic acids is 1. The number of carbonyl (C=O) groups excluding carboxylic acids is 1. The summed E-state index contributed by atoms with van der Waals surface area (Å²) in [6.07, 6.45) is 0.190. The smallest absolute Gasteiger partial charge is 0.305 e. The summed E-state index contributed by atoms with van der Waals surface area (Å²) < 4.78 is 5.61. The fraction of sp³-hybridized carbons (Fsp3) is 0.364. The summed E-state index contributed by atoms with van der Waals surface area (Å²) in [6.45, 7) is 5.86. The lowest BCUT2D eigenvalue weighted by Gasteiger charge is -2.20. The molecule has 0 bridgehead atoms. The molecule has 0 aliphatic rings. The van der Waals surface area contributed by atoms with Crippen LogP contribution < -0.4 is 10.1 Å². The molecule has 144 valence electrons. The molecule has 0 aliphatic heterocycles. The Morgan fingerprint density at radius 2 is 1.56 bits per heavy atom. The monoisotopic (exact) mass is 369 g/mol. The minimum Gasteiger partial charge on any atom is -0.491 e. The van der Waals surface area contributed by atoms with Crippen molar-refractivity contribution in [2.24, 2.45) is 0 Å². The number of carbonyl (C=O) groups is 2. The van der Waals surface area contributed by atoms with E-state index in [4.69, 9.17) is 4.74 Å². The average molecular weight is 369 g/mol. The Morgan fingerprint density at radius 3 is 2.11 bits per heavy atom. The SMILES string of the molecule is CC(C)Oc1ccc([C@@H](CC(=O)O)NC(=O)C[C@@H](C)c2ccccc2)cc1. The van der Waals surface area contributed by atoms with E-state index in [0.29, 0.717) is 12.2 Å². The summed E-state index contributed by atoms with van der Waals surface area (Å²) in [7, 11) is 0. The largest absolute Gasteiger partial charge is 0.491 e. The molecule has 0 spiro atoms. The lowest BCUT2D eigenvalue weighted by molar-refractivity contribution is -0.137. The van der Waals surface area contributed by atoms with Crippen molar-refractivity contribution in [3.05, 3.63) is 65.7 Å². The standard InChI is InChI=1S/C22H27NO4/c1-15(2)27-19-11-9-18(10-12-19)20(14-22(25)26)23-21(24)13-16(3)17-7-5-4-6-8-17/h4-12,15-16,20H,13-14H2,1-3H3,(H,23,24)(H,25,26)/t16-,20-/m1/s1. The maximum absolute atomic E-state index is 12.5. The molecule has 0 saturated heterocycles. The molecule has 0 saturated carbocycles. The third kappa shape index (κ3) is 6.77. The van der Waals surface area contributed by atoms with Gasteiger partial charge in [-0.05, 0) is 43.0 Å². The molecular weight excluding hydrogens is 342 g/mol. The van der Waals surface area contributed by atoms with E-state index in [1.165, 1.54) is 0 Å². The van der Waals surface area contributed by atoms with Crippen LogP contribution >= 0.6 is 0 Å². The molecule has 0 radical (unpaired) electrons. The van der Waals surface area contributed by atoms with Crippen LogP contribution in [0.15, 0.2) is 54.6 Å². The number of amides is 1. The van der Waals surface area contributed by atoms with Crippen LogP contribution in [0.5, 0.6) is 5.75 Å². The zero-order valence-electron chi connectivity index (χ0n) is 16.0. The van der Waals surface area contributed by atoms with Crippen molar-refractivity contribution in [2.75, 3.05) is 0 Å². The van der Waals surface area contributed by atoms with Gasteiger partial charge in [0.1, 0.15) is 5.75 Å². The molecular formula is C22H27NO4. The first-order chi connectivity index (χ1) is 12.8. The minimum atomic E-state index is -0.959. The summed E-state index contributed by atoms with van der Waals surface area (Å²) in [5.41, 5.74) is 1.83. The second-order valence-corrected chi connectivity index (χ2v) is 6.97. The molecule has 0 aliphatic carbocycles. The molecule has 5 nitrogen and oxygen atoms in total. The summed E-state index contributed by atoms with van der Waals surface area (Å²) >= 11 is 0. The molecule has 27 heavy (non-hydrogen) atoms. The minimum absolute atomic E-state index is 0.0542. The lowest BCUT2D eigenvalue weighted by atomic mass is 9.97. The van der Waals surface area contributed by atoms with Crippen molar-refractivity contribution in [1.82, 2.24) is 5.32 Å². The maximum atomic E-state index is 12.5. The molecule has 2 rings (SSSR count). The third-order valence-corrected chi connectivity index (χ3v) is 4.23. The first kappa shape index (κ1) is 20.5. The van der Waals surface area contributed by atoms with Crippen LogP contribution in [0.2, 0.25) is 0 Å². The van der Waals surface area contributed by atoms with Gasteiger partial charge in [-0.2, -0.15) is 0 Å². The van der Waals surface area contributed by atoms with Crippen LogP contribution in [0, 0.1) is 0 Å².